The van der Waals surface area contributed by atoms with Crippen molar-refractivity contribution in [1.82, 2.24) is 5.32 Å². The Morgan fingerprint density at radius 3 is 2.44 bits per heavy atom. The van der Waals surface area contributed by atoms with Crippen LogP contribution in [-0.2, 0) is 4.79 Å². The van der Waals surface area contributed by atoms with E-state index in [0.29, 0.717) is 12.1 Å². The van der Waals surface area contributed by atoms with Crippen molar-refractivity contribution in [2.75, 3.05) is 6.54 Å². The average Bonchev–Trinajstić information content (AvgIpc) is 2.28. The fourth-order valence-electron chi connectivity index (χ4n) is 1.33. The van der Waals surface area contributed by atoms with Crippen LogP contribution in [0.2, 0.25) is 0 Å². The minimum absolute atomic E-state index is 0.455. The highest BCUT2D eigenvalue weighted by molar-refractivity contribution is 6.42. The maximum absolute atomic E-state index is 11.7. The van der Waals surface area contributed by atoms with E-state index in [1.807, 2.05) is 26.8 Å². The monoisotopic (exact) mass is 219 g/mol. The predicted octanol–water partition coefficient (Wildman–Crippen LogP) is 2.01. The third-order valence-electron chi connectivity index (χ3n) is 2.51. The van der Waals surface area contributed by atoms with Gasteiger partial charge in [-0.2, -0.15) is 0 Å². The zero-order valence-corrected chi connectivity index (χ0v) is 9.96. The molecule has 0 radical (unpaired) electrons. The first kappa shape index (κ1) is 12.4. The highest BCUT2D eigenvalue weighted by Crippen LogP contribution is 2.10. The number of carbonyl (C=O) groups is 2. The van der Waals surface area contributed by atoms with Crippen molar-refractivity contribution in [1.29, 1.82) is 0 Å². The summed E-state index contributed by atoms with van der Waals surface area (Å²) < 4.78 is 0. The summed E-state index contributed by atoms with van der Waals surface area (Å²) in [7, 11) is 0. The summed E-state index contributed by atoms with van der Waals surface area (Å²) in [5.74, 6) is -0.985. The van der Waals surface area contributed by atoms with E-state index in [-0.39, 0.29) is 0 Å². The summed E-state index contributed by atoms with van der Waals surface area (Å²) in [6.45, 7) is 6.38. The van der Waals surface area contributed by atoms with Crippen molar-refractivity contribution in [2.45, 2.75) is 27.2 Å². The standard InChI is InChI=1S/C13H17NO2/c1-4-7-14-13(16)12(15)11-6-5-9(2)10(3)8-11/h5-6,8H,4,7H2,1-3H3,(H,14,16). The molecular weight excluding hydrogens is 202 g/mol. The Balaban J connectivity index is 2.80. The van der Waals surface area contributed by atoms with Gasteiger partial charge in [-0.25, -0.2) is 0 Å². The minimum Gasteiger partial charge on any atom is -0.349 e. The molecule has 1 rings (SSSR count). The third-order valence-corrected chi connectivity index (χ3v) is 2.51. The van der Waals surface area contributed by atoms with Crippen LogP contribution < -0.4 is 5.32 Å². The van der Waals surface area contributed by atoms with Gasteiger partial charge < -0.3 is 5.32 Å². The molecule has 1 N–H and O–H groups in total. The molecule has 3 nitrogen and oxygen atoms in total. The summed E-state index contributed by atoms with van der Waals surface area (Å²) in [5.41, 5.74) is 2.59. The maximum Gasteiger partial charge on any atom is 0.292 e. The summed E-state index contributed by atoms with van der Waals surface area (Å²) in [5, 5.41) is 2.58. The van der Waals surface area contributed by atoms with Gasteiger partial charge in [0.15, 0.2) is 0 Å². The molecule has 0 aliphatic heterocycles. The summed E-state index contributed by atoms with van der Waals surface area (Å²) >= 11 is 0. The van der Waals surface area contributed by atoms with Gasteiger partial charge in [0.2, 0.25) is 5.78 Å². The SMILES string of the molecule is CCCNC(=O)C(=O)c1ccc(C)c(C)c1. The normalized spacial score (nSPS) is 9.94. The van der Waals surface area contributed by atoms with Crippen LogP contribution in [0, 0.1) is 13.8 Å². The van der Waals surface area contributed by atoms with Gasteiger partial charge in [-0.05, 0) is 37.5 Å². The average molecular weight is 219 g/mol. The van der Waals surface area contributed by atoms with E-state index in [1.165, 1.54) is 0 Å². The third kappa shape index (κ3) is 2.92. The lowest BCUT2D eigenvalue weighted by atomic mass is 10.0. The van der Waals surface area contributed by atoms with Gasteiger partial charge in [0.25, 0.3) is 5.91 Å². The van der Waals surface area contributed by atoms with E-state index < -0.39 is 11.7 Å². The molecule has 0 aliphatic rings. The van der Waals surface area contributed by atoms with Crippen molar-refractivity contribution in [3.63, 3.8) is 0 Å². The zero-order chi connectivity index (χ0) is 12.1. The minimum atomic E-state index is -0.523. The molecule has 0 unspecified atom stereocenters. The van der Waals surface area contributed by atoms with Crippen LogP contribution in [0.1, 0.15) is 34.8 Å². The second-order valence-electron chi connectivity index (χ2n) is 3.88. The Labute approximate surface area is 95.9 Å². The van der Waals surface area contributed by atoms with Crippen LogP contribution in [0.3, 0.4) is 0 Å². The van der Waals surface area contributed by atoms with Gasteiger partial charge in [-0.1, -0.05) is 19.1 Å². The highest BCUT2D eigenvalue weighted by Gasteiger charge is 2.15. The second-order valence-corrected chi connectivity index (χ2v) is 3.88. The topological polar surface area (TPSA) is 46.2 Å². The first-order valence-corrected chi connectivity index (χ1v) is 5.46. The summed E-state index contributed by atoms with van der Waals surface area (Å²) in [6.07, 6.45) is 0.825. The van der Waals surface area contributed by atoms with E-state index in [9.17, 15) is 9.59 Å². The molecule has 0 saturated heterocycles. The van der Waals surface area contributed by atoms with Crippen molar-refractivity contribution < 1.29 is 9.59 Å². The molecule has 1 aromatic carbocycles. The Morgan fingerprint density at radius 2 is 1.88 bits per heavy atom. The predicted molar refractivity (Wildman–Crippen MR) is 63.5 cm³/mol. The molecule has 86 valence electrons. The lowest BCUT2D eigenvalue weighted by Crippen LogP contribution is -2.31. The number of benzene rings is 1. The number of ketones is 1. The first-order valence-electron chi connectivity index (χ1n) is 5.46. The molecule has 0 aromatic heterocycles. The number of aryl methyl sites for hydroxylation is 2. The molecule has 1 aromatic rings. The van der Waals surface area contributed by atoms with Crippen LogP contribution in [-0.4, -0.2) is 18.2 Å². The Kier molecular flexibility index (Phi) is 4.23. The Morgan fingerprint density at radius 1 is 1.19 bits per heavy atom. The number of nitrogens with one attached hydrogen (secondary N) is 1. The van der Waals surface area contributed by atoms with Crippen LogP contribution in [0.4, 0.5) is 0 Å². The van der Waals surface area contributed by atoms with Crippen LogP contribution in [0.25, 0.3) is 0 Å². The van der Waals surface area contributed by atoms with Crippen LogP contribution >= 0.6 is 0 Å². The van der Waals surface area contributed by atoms with E-state index in [4.69, 9.17) is 0 Å². The molecule has 0 heterocycles. The number of Topliss-reactive ketones (excluding diaryl/α,β-unsaturated/α-hetero) is 1. The lowest BCUT2D eigenvalue weighted by Gasteiger charge is -2.05. The summed E-state index contributed by atoms with van der Waals surface area (Å²) in [6, 6.07) is 5.30. The fourth-order valence-corrected chi connectivity index (χ4v) is 1.33. The van der Waals surface area contributed by atoms with Crippen molar-refractivity contribution >= 4 is 11.7 Å². The number of hydrogen-bond donors (Lipinski definition) is 1. The number of hydrogen-bond acceptors (Lipinski definition) is 2. The molecule has 0 spiro atoms. The van der Waals surface area contributed by atoms with Crippen LogP contribution in [0.5, 0.6) is 0 Å². The highest BCUT2D eigenvalue weighted by atomic mass is 16.2. The van der Waals surface area contributed by atoms with Gasteiger partial charge >= 0.3 is 0 Å². The van der Waals surface area contributed by atoms with Crippen LogP contribution in [0.15, 0.2) is 18.2 Å². The zero-order valence-electron chi connectivity index (χ0n) is 9.96. The van der Waals surface area contributed by atoms with Crippen molar-refractivity contribution in [2.24, 2.45) is 0 Å². The number of rotatable bonds is 4. The summed E-state index contributed by atoms with van der Waals surface area (Å²) in [4.78, 5) is 23.1. The molecule has 0 atom stereocenters. The van der Waals surface area contributed by atoms with E-state index in [1.54, 1.807) is 12.1 Å². The Bertz CT molecular complexity index is 410. The molecule has 16 heavy (non-hydrogen) atoms. The first-order chi connectivity index (χ1) is 7.56. The molecular formula is C13H17NO2. The largest absolute Gasteiger partial charge is 0.349 e. The van der Waals surface area contributed by atoms with Gasteiger partial charge in [-0.3, -0.25) is 9.59 Å². The van der Waals surface area contributed by atoms with Crippen molar-refractivity contribution in [3.8, 4) is 0 Å². The van der Waals surface area contributed by atoms with E-state index in [2.05, 4.69) is 5.32 Å². The van der Waals surface area contributed by atoms with Crippen molar-refractivity contribution in [3.05, 3.63) is 34.9 Å². The van der Waals surface area contributed by atoms with Gasteiger partial charge in [0, 0.05) is 12.1 Å². The second kappa shape index (κ2) is 5.45. The maximum atomic E-state index is 11.7. The molecule has 1 amide bonds. The fraction of sp³-hybridized carbons (Fsp3) is 0.385. The molecule has 3 heteroatoms. The van der Waals surface area contributed by atoms with E-state index in [0.717, 1.165) is 17.5 Å². The number of carbonyl (C=O) groups excluding carboxylic acids is 2. The van der Waals surface area contributed by atoms with Gasteiger partial charge in [0.05, 0.1) is 0 Å². The van der Waals surface area contributed by atoms with Gasteiger partial charge in [0.1, 0.15) is 0 Å². The Hall–Kier alpha value is -1.64. The lowest BCUT2D eigenvalue weighted by molar-refractivity contribution is -0.116. The quantitative estimate of drug-likeness (QED) is 0.622. The molecule has 0 saturated carbocycles. The molecule has 0 fully saturated rings. The number of amides is 1. The molecule has 0 aliphatic carbocycles. The smallest absolute Gasteiger partial charge is 0.292 e. The molecule has 0 bridgehead atoms. The van der Waals surface area contributed by atoms with Gasteiger partial charge in [-0.15, -0.1) is 0 Å². The van der Waals surface area contributed by atoms with E-state index >= 15 is 0 Å².